The highest BCUT2D eigenvalue weighted by Crippen LogP contribution is 2.34. The van der Waals surface area contributed by atoms with Crippen LogP contribution in [0.15, 0.2) is 48.7 Å². The fourth-order valence-electron chi connectivity index (χ4n) is 6.27. The highest BCUT2D eigenvalue weighted by Gasteiger charge is 2.25. The van der Waals surface area contributed by atoms with Gasteiger partial charge in [-0.05, 0) is 76.8 Å². The molecule has 5 heterocycles. The van der Waals surface area contributed by atoms with Crippen molar-refractivity contribution in [3.05, 3.63) is 82.6 Å². The Morgan fingerprint density at radius 2 is 1.40 bits per heavy atom. The van der Waals surface area contributed by atoms with Crippen molar-refractivity contribution < 1.29 is 29.0 Å². The molecule has 0 radical (unpaired) electrons. The first-order chi connectivity index (χ1) is 26.4. The number of anilines is 2. The molecular formula is C37H40N12O6. The van der Waals surface area contributed by atoms with Crippen molar-refractivity contribution in [3.8, 4) is 5.75 Å². The van der Waals surface area contributed by atoms with E-state index in [0.717, 1.165) is 12.8 Å². The number of carboxylic acid groups (broad SMARTS) is 1. The van der Waals surface area contributed by atoms with Crippen LogP contribution in [-0.4, -0.2) is 79.1 Å². The van der Waals surface area contributed by atoms with Gasteiger partial charge in [0, 0.05) is 37.9 Å². The summed E-state index contributed by atoms with van der Waals surface area (Å²) >= 11 is 0. The van der Waals surface area contributed by atoms with Gasteiger partial charge in [-0.25, -0.2) is 19.7 Å². The van der Waals surface area contributed by atoms with Gasteiger partial charge in [0.25, 0.3) is 11.8 Å². The van der Waals surface area contributed by atoms with Gasteiger partial charge in [0.05, 0.1) is 29.1 Å². The molecule has 18 nitrogen and oxygen atoms in total. The number of allylic oxidation sites excluding steroid dienone is 2. The molecule has 6 aromatic rings. The second-order valence-electron chi connectivity index (χ2n) is 13.3. The zero-order valence-corrected chi connectivity index (χ0v) is 30.7. The van der Waals surface area contributed by atoms with Crippen LogP contribution in [0, 0.1) is 19.8 Å². The zero-order chi connectivity index (χ0) is 39.0. The lowest BCUT2D eigenvalue weighted by molar-refractivity contribution is 0.0695. The van der Waals surface area contributed by atoms with Gasteiger partial charge in [0.2, 0.25) is 17.8 Å². The number of benzene rings is 1. The number of nitrogens with zero attached hydrogens (tertiary/aromatic N) is 9. The second-order valence-corrected chi connectivity index (χ2v) is 13.3. The molecule has 55 heavy (non-hydrogen) atoms. The molecule has 5 aromatic heterocycles. The minimum Gasteiger partial charge on any atom is -0.491 e. The summed E-state index contributed by atoms with van der Waals surface area (Å²) in [5.74, 6) is -1.50. The van der Waals surface area contributed by atoms with Gasteiger partial charge in [-0.15, -0.1) is 0 Å². The number of hydrogen-bond acceptors (Lipinski definition) is 10. The van der Waals surface area contributed by atoms with Crippen LogP contribution in [0.5, 0.6) is 5.75 Å². The molecule has 0 spiro atoms. The number of carbonyl (C=O) groups is 4. The summed E-state index contributed by atoms with van der Waals surface area (Å²) in [5, 5.41) is 24.1. The van der Waals surface area contributed by atoms with Gasteiger partial charge >= 0.3 is 5.97 Å². The number of aryl methyl sites for hydroxylation is 4. The molecule has 0 aliphatic heterocycles. The normalized spacial score (nSPS) is 12.9. The van der Waals surface area contributed by atoms with E-state index in [0.29, 0.717) is 70.8 Å². The number of carboxylic acids is 1. The largest absolute Gasteiger partial charge is 0.491 e. The lowest BCUT2D eigenvalue weighted by Crippen LogP contribution is -2.20. The van der Waals surface area contributed by atoms with Gasteiger partial charge in [0.15, 0.2) is 5.65 Å². The van der Waals surface area contributed by atoms with Crippen LogP contribution in [0.25, 0.3) is 22.2 Å². The Labute approximate surface area is 314 Å². The van der Waals surface area contributed by atoms with Gasteiger partial charge in [0.1, 0.15) is 28.2 Å². The predicted octanol–water partition coefficient (Wildman–Crippen LogP) is 4.18. The molecule has 0 bridgehead atoms. The molecule has 3 amide bonds. The Morgan fingerprint density at radius 1 is 0.836 bits per heavy atom. The summed E-state index contributed by atoms with van der Waals surface area (Å²) in [6.07, 6.45) is 6.98. The van der Waals surface area contributed by atoms with Gasteiger partial charge < -0.3 is 20.1 Å². The number of amides is 3. The first-order valence-corrected chi connectivity index (χ1v) is 17.9. The van der Waals surface area contributed by atoms with E-state index in [1.54, 1.807) is 56.6 Å². The number of aromatic carboxylic acids is 1. The van der Waals surface area contributed by atoms with E-state index in [9.17, 15) is 24.3 Å². The Morgan fingerprint density at radius 3 is 1.96 bits per heavy atom. The van der Waals surface area contributed by atoms with Gasteiger partial charge in [-0.1, -0.05) is 12.2 Å². The van der Waals surface area contributed by atoms with Crippen molar-refractivity contribution >= 4 is 57.8 Å². The average molecular weight is 749 g/mol. The van der Waals surface area contributed by atoms with Crippen LogP contribution in [0.4, 0.5) is 11.9 Å². The van der Waals surface area contributed by atoms with E-state index < -0.39 is 23.7 Å². The highest BCUT2D eigenvalue weighted by atomic mass is 16.5. The summed E-state index contributed by atoms with van der Waals surface area (Å²) in [5.41, 5.74) is 9.49. The van der Waals surface area contributed by atoms with Crippen LogP contribution in [0.2, 0.25) is 0 Å². The Hall–Kier alpha value is -6.85. The maximum absolute atomic E-state index is 13.6. The number of ether oxygens (including phenoxy) is 1. The van der Waals surface area contributed by atoms with E-state index in [1.807, 2.05) is 26.0 Å². The summed E-state index contributed by atoms with van der Waals surface area (Å²) < 4.78 is 12.8. The van der Waals surface area contributed by atoms with Crippen LogP contribution in [0.3, 0.4) is 0 Å². The van der Waals surface area contributed by atoms with E-state index >= 15 is 0 Å². The van der Waals surface area contributed by atoms with Crippen molar-refractivity contribution in [1.82, 2.24) is 43.6 Å². The molecule has 0 saturated heterocycles. The van der Waals surface area contributed by atoms with E-state index in [4.69, 9.17) is 15.5 Å². The number of imidazole rings is 2. The first kappa shape index (κ1) is 36.5. The number of fused-ring (bicyclic) bond motifs is 2. The number of nitrogens with two attached hydrogens (primary N) is 1. The molecule has 5 N–H and O–H groups in total. The molecule has 1 aliphatic rings. The van der Waals surface area contributed by atoms with Crippen LogP contribution in [-0.2, 0) is 26.2 Å². The standard InChI is InChI=1S/C37H40N12O6/c1-5-48-27(13-20(3)44-48)33(51)42-36-40-25-15-23(31(38)50)17-29(55-19-22-9-10-22)30(25)46(36)11-7-8-12-47-32-26(16-24(18-39-32)35(53)54)41-37(47)43-34(52)28-14-21(4)45-49(28)6-2/h7-8,13-18,22H,5-6,9-12,19H2,1-4H3,(H2,38,50)(H,53,54)(H,40,42,51)(H,41,43,52)/b8-7+. The smallest absolute Gasteiger partial charge is 0.337 e. The number of rotatable bonds is 15. The third-order valence-corrected chi connectivity index (χ3v) is 9.16. The van der Waals surface area contributed by atoms with Gasteiger partial charge in [-0.3, -0.25) is 38.9 Å². The number of carbonyl (C=O) groups excluding carboxylic acids is 3. The lowest BCUT2D eigenvalue weighted by Gasteiger charge is -2.13. The summed E-state index contributed by atoms with van der Waals surface area (Å²) in [4.78, 5) is 64.7. The third kappa shape index (κ3) is 7.51. The molecule has 1 aromatic carbocycles. The minimum absolute atomic E-state index is 0.0526. The quantitative estimate of drug-likeness (QED) is 0.109. The number of aromatic nitrogens is 9. The predicted molar refractivity (Wildman–Crippen MR) is 201 cm³/mol. The first-order valence-electron chi connectivity index (χ1n) is 17.9. The topological polar surface area (TPSA) is 232 Å². The number of hydrogen-bond donors (Lipinski definition) is 4. The van der Waals surface area contributed by atoms with Crippen molar-refractivity contribution in [2.75, 3.05) is 17.2 Å². The maximum atomic E-state index is 13.6. The number of nitrogens with one attached hydrogen (secondary N) is 2. The van der Waals surface area contributed by atoms with E-state index in [-0.39, 0.29) is 41.6 Å². The third-order valence-electron chi connectivity index (χ3n) is 9.16. The monoisotopic (exact) mass is 748 g/mol. The van der Waals surface area contributed by atoms with Crippen molar-refractivity contribution in [2.24, 2.45) is 11.7 Å². The Balaban J connectivity index is 1.24. The molecule has 0 atom stereocenters. The second kappa shape index (κ2) is 14.9. The molecule has 1 aliphatic carbocycles. The van der Waals surface area contributed by atoms with Crippen molar-refractivity contribution in [2.45, 2.75) is 66.7 Å². The fourth-order valence-corrected chi connectivity index (χ4v) is 6.27. The van der Waals surface area contributed by atoms with Crippen molar-refractivity contribution in [1.29, 1.82) is 0 Å². The summed E-state index contributed by atoms with van der Waals surface area (Å²) in [6, 6.07) is 7.91. The number of pyridine rings is 1. The van der Waals surface area contributed by atoms with Crippen LogP contribution >= 0.6 is 0 Å². The van der Waals surface area contributed by atoms with E-state index in [2.05, 4.69) is 30.8 Å². The maximum Gasteiger partial charge on any atom is 0.337 e. The Bertz CT molecular complexity index is 2520. The zero-order valence-electron chi connectivity index (χ0n) is 30.7. The minimum atomic E-state index is -1.16. The molecular weight excluding hydrogens is 708 g/mol. The van der Waals surface area contributed by atoms with E-state index in [1.165, 1.54) is 12.3 Å². The Kier molecular flexibility index (Phi) is 9.88. The summed E-state index contributed by atoms with van der Waals surface area (Å²) in [6.45, 7) is 9.13. The van der Waals surface area contributed by atoms with Gasteiger partial charge in [-0.2, -0.15) is 10.2 Å². The molecule has 1 saturated carbocycles. The molecule has 18 heteroatoms. The van der Waals surface area contributed by atoms with Crippen LogP contribution in [0.1, 0.15) is 79.8 Å². The molecule has 1 fully saturated rings. The average Bonchev–Trinajstić information content (AvgIpc) is 3.44. The summed E-state index contributed by atoms with van der Waals surface area (Å²) in [7, 11) is 0. The molecule has 0 unspecified atom stereocenters. The van der Waals surface area contributed by atoms with Crippen LogP contribution < -0.4 is 21.1 Å². The SMILES string of the molecule is CCn1nc(C)cc1C(=O)Nc1nc2cc(C(=O)O)cnc2n1C/C=C/Cn1c(NC(=O)c2cc(C)nn2CC)nc2cc(C(N)=O)cc(OCC3CC3)c21. The lowest BCUT2D eigenvalue weighted by atomic mass is 10.1. The fraction of sp³-hybridized carbons (Fsp3) is 0.324. The van der Waals surface area contributed by atoms with Crippen molar-refractivity contribution in [3.63, 3.8) is 0 Å². The number of primary amides is 1. The highest BCUT2D eigenvalue weighted by molar-refractivity contribution is 6.05. The molecule has 284 valence electrons. The molecule has 7 rings (SSSR count).